The average Bonchev–Trinajstić information content (AvgIpc) is 2.69. The van der Waals surface area contributed by atoms with Crippen molar-refractivity contribution >= 4 is 27.4 Å². The van der Waals surface area contributed by atoms with E-state index in [-0.39, 0.29) is 15.9 Å². The molecule has 0 unspecified atom stereocenters. The fourth-order valence-corrected chi connectivity index (χ4v) is 2.18. The molecule has 2 aromatic rings. The van der Waals surface area contributed by atoms with Crippen molar-refractivity contribution in [2.24, 2.45) is 7.05 Å². The number of hydrogen-bond acceptors (Lipinski definition) is 5. The van der Waals surface area contributed by atoms with Crippen LogP contribution in [0.25, 0.3) is 0 Å². The Hall–Kier alpha value is -1.67. The average molecular weight is 274 g/mol. The van der Waals surface area contributed by atoms with Crippen LogP contribution in [-0.4, -0.2) is 28.4 Å². The van der Waals surface area contributed by atoms with Gasteiger partial charge in [0.05, 0.1) is 6.20 Å². The standard InChI is InChI=1S/C8H8ClN5O2S/c1-14-5-6(4-10-14)17(15,16)13-8-3-2-7(9)11-12-8/h2-5H,1H3,(H,12,13). The molecule has 17 heavy (non-hydrogen) atoms. The maximum absolute atomic E-state index is 11.8. The van der Waals surface area contributed by atoms with E-state index in [1.807, 2.05) is 0 Å². The zero-order valence-corrected chi connectivity index (χ0v) is 10.3. The predicted molar refractivity (Wildman–Crippen MR) is 61.1 cm³/mol. The SMILES string of the molecule is Cn1cc(S(=O)(=O)Nc2ccc(Cl)nn2)cn1. The maximum Gasteiger partial charge on any atom is 0.266 e. The lowest BCUT2D eigenvalue weighted by Gasteiger charge is -2.03. The molecule has 1 N–H and O–H groups in total. The Labute approximate surface area is 102 Å². The van der Waals surface area contributed by atoms with Gasteiger partial charge in [0, 0.05) is 13.2 Å². The van der Waals surface area contributed by atoms with Crippen molar-refractivity contribution in [1.82, 2.24) is 20.0 Å². The van der Waals surface area contributed by atoms with E-state index in [2.05, 4.69) is 20.0 Å². The normalized spacial score (nSPS) is 11.4. The van der Waals surface area contributed by atoms with Crippen LogP contribution in [0.1, 0.15) is 0 Å². The molecule has 0 radical (unpaired) electrons. The summed E-state index contributed by atoms with van der Waals surface area (Å²) in [5, 5.41) is 11.1. The summed E-state index contributed by atoms with van der Waals surface area (Å²) >= 11 is 5.54. The molecule has 0 saturated carbocycles. The number of aromatic nitrogens is 4. The first-order valence-electron chi connectivity index (χ1n) is 4.48. The van der Waals surface area contributed by atoms with E-state index in [1.54, 1.807) is 7.05 Å². The second-order valence-electron chi connectivity index (χ2n) is 3.20. The number of hydrogen-bond donors (Lipinski definition) is 1. The molecule has 0 aliphatic heterocycles. The minimum Gasteiger partial charge on any atom is -0.274 e. The molecule has 0 fully saturated rings. The van der Waals surface area contributed by atoms with Crippen LogP contribution in [0.5, 0.6) is 0 Å². The summed E-state index contributed by atoms with van der Waals surface area (Å²) in [6.45, 7) is 0. The van der Waals surface area contributed by atoms with E-state index in [4.69, 9.17) is 11.6 Å². The molecular weight excluding hydrogens is 266 g/mol. The van der Waals surface area contributed by atoms with Gasteiger partial charge in [-0.05, 0) is 12.1 Å². The minimum atomic E-state index is -3.68. The quantitative estimate of drug-likeness (QED) is 0.887. The molecule has 0 aliphatic rings. The van der Waals surface area contributed by atoms with Gasteiger partial charge in [-0.25, -0.2) is 8.42 Å². The minimum absolute atomic E-state index is 0.0525. The predicted octanol–water partition coefficient (Wildman–Crippen LogP) is 0.664. The van der Waals surface area contributed by atoms with Crippen molar-refractivity contribution in [3.8, 4) is 0 Å². The topological polar surface area (TPSA) is 89.8 Å². The summed E-state index contributed by atoms with van der Waals surface area (Å²) in [5.41, 5.74) is 0. The Morgan fingerprint density at radius 3 is 2.65 bits per heavy atom. The van der Waals surface area contributed by atoms with E-state index in [0.717, 1.165) is 0 Å². The highest BCUT2D eigenvalue weighted by Gasteiger charge is 2.16. The smallest absolute Gasteiger partial charge is 0.266 e. The molecule has 2 heterocycles. The number of anilines is 1. The monoisotopic (exact) mass is 273 g/mol. The van der Waals surface area contributed by atoms with E-state index >= 15 is 0 Å². The number of sulfonamides is 1. The summed E-state index contributed by atoms with van der Waals surface area (Å²) in [6, 6.07) is 2.86. The first kappa shape index (κ1) is 11.8. The summed E-state index contributed by atoms with van der Waals surface area (Å²) in [4.78, 5) is 0.0525. The fourth-order valence-electron chi connectivity index (χ4n) is 1.10. The van der Waals surface area contributed by atoms with Crippen LogP contribution in [0.4, 0.5) is 5.82 Å². The highest BCUT2D eigenvalue weighted by molar-refractivity contribution is 7.92. The number of aryl methyl sites for hydroxylation is 1. The van der Waals surface area contributed by atoms with Gasteiger partial charge >= 0.3 is 0 Å². The molecule has 9 heteroatoms. The summed E-state index contributed by atoms with van der Waals surface area (Å²) in [6.07, 6.45) is 2.62. The molecule has 90 valence electrons. The lowest BCUT2D eigenvalue weighted by atomic mass is 10.5. The van der Waals surface area contributed by atoms with Crippen LogP contribution in [0, 0.1) is 0 Å². The van der Waals surface area contributed by atoms with Gasteiger partial charge < -0.3 is 0 Å². The Balaban J connectivity index is 2.26. The number of halogens is 1. The van der Waals surface area contributed by atoms with Crippen LogP contribution < -0.4 is 4.72 Å². The largest absolute Gasteiger partial charge is 0.274 e. The zero-order valence-electron chi connectivity index (χ0n) is 8.70. The van der Waals surface area contributed by atoms with E-state index in [1.165, 1.54) is 29.2 Å². The van der Waals surface area contributed by atoms with Gasteiger partial charge in [-0.2, -0.15) is 5.10 Å². The van der Waals surface area contributed by atoms with Crippen LogP contribution in [0.3, 0.4) is 0 Å². The Kier molecular flexibility index (Phi) is 2.99. The summed E-state index contributed by atoms with van der Waals surface area (Å²) in [5.74, 6) is 0.0956. The summed E-state index contributed by atoms with van der Waals surface area (Å²) in [7, 11) is -2.06. The lowest BCUT2D eigenvalue weighted by Crippen LogP contribution is -2.13. The molecule has 0 atom stereocenters. The molecule has 0 saturated heterocycles. The summed E-state index contributed by atoms with van der Waals surface area (Å²) < 4.78 is 27.3. The van der Waals surface area contributed by atoms with Crippen molar-refractivity contribution in [2.45, 2.75) is 4.90 Å². The third-order valence-corrected chi connectivity index (χ3v) is 3.37. The van der Waals surface area contributed by atoms with Gasteiger partial charge in [0.2, 0.25) is 0 Å². The second kappa shape index (κ2) is 4.30. The van der Waals surface area contributed by atoms with Crippen molar-refractivity contribution < 1.29 is 8.42 Å². The third-order valence-electron chi connectivity index (χ3n) is 1.86. The first-order valence-corrected chi connectivity index (χ1v) is 6.34. The van der Waals surface area contributed by atoms with E-state index in [9.17, 15) is 8.42 Å². The Morgan fingerprint density at radius 1 is 1.35 bits per heavy atom. The van der Waals surface area contributed by atoms with Gasteiger partial charge in [0.15, 0.2) is 11.0 Å². The van der Waals surface area contributed by atoms with Gasteiger partial charge in [0.1, 0.15) is 4.90 Å². The van der Waals surface area contributed by atoms with Crippen LogP contribution in [0.15, 0.2) is 29.4 Å². The molecule has 0 aromatic carbocycles. The van der Waals surface area contributed by atoms with E-state index in [0.29, 0.717) is 0 Å². The van der Waals surface area contributed by atoms with Crippen molar-refractivity contribution in [2.75, 3.05) is 4.72 Å². The Bertz CT molecular complexity index is 622. The molecule has 0 aliphatic carbocycles. The van der Waals surface area contributed by atoms with Crippen LogP contribution in [0.2, 0.25) is 5.15 Å². The third kappa shape index (κ3) is 2.71. The van der Waals surface area contributed by atoms with Crippen molar-refractivity contribution in [3.05, 3.63) is 29.7 Å². The number of nitrogens with one attached hydrogen (secondary N) is 1. The van der Waals surface area contributed by atoms with Crippen molar-refractivity contribution in [1.29, 1.82) is 0 Å². The Morgan fingerprint density at radius 2 is 2.12 bits per heavy atom. The number of rotatable bonds is 3. The van der Waals surface area contributed by atoms with Gasteiger partial charge in [-0.15, -0.1) is 10.2 Å². The van der Waals surface area contributed by atoms with Gasteiger partial charge in [-0.1, -0.05) is 11.6 Å². The lowest BCUT2D eigenvalue weighted by molar-refractivity contribution is 0.600. The van der Waals surface area contributed by atoms with Gasteiger partial charge in [0.25, 0.3) is 10.0 Å². The van der Waals surface area contributed by atoms with Crippen LogP contribution in [-0.2, 0) is 17.1 Å². The fraction of sp³-hybridized carbons (Fsp3) is 0.125. The highest BCUT2D eigenvalue weighted by atomic mass is 35.5. The first-order chi connectivity index (χ1) is 7.97. The number of nitrogens with zero attached hydrogens (tertiary/aromatic N) is 4. The maximum atomic E-state index is 11.8. The van der Waals surface area contributed by atoms with Crippen LogP contribution >= 0.6 is 11.6 Å². The zero-order chi connectivity index (χ0) is 12.5. The van der Waals surface area contributed by atoms with E-state index < -0.39 is 10.0 Å². The molecular formula is C8H8ClN5O2S. The molecule has 7 nitrogen and oxygen atoms in total. The molecule has 0 bridgehead atoms. The van der Waals surface area contributed by atoms with Crippen molar-refractivity contribution in [3.63, 3.8) is 0 Å². The molecule has 0 spiro atoms. The highest BCUT2D eigenvalue weighted by Crippen LogP contribution is 2.13. The molecule has 2 aromatic heterocycles. The van der Waals surface area contributed by atoms with Gasteiger partial charge in [-0.3, -0.25) is 9.40 Å². The molecule has 2 rings (SSSR count). The second-order valence-corrected chi connectivity index (χ2v) is 5.27. The molecule has 0 amide bonds.